The third-order valence-electron chi connectivity index (χ3n) is 8.13. The number of aryl methyl sites for hydroxylation is 1. The van der Waals surface area contributed by atoms with E-state index in [1.54, 1.807) is 7.11 Å². The van der Waals surface area contributed by atoms with Gasteiger partial charge in [-0.2, -0.15) is 0 Å². The zero-order chi connectivity index (χ0) is 23.7. The van der Waals surface area contributed by atoms with Crippen molar-refractivity contribution in [3.8, 4) is 11.5 Å². The molecule has 4 nitrogen and oxygen atoms in total. The highest BCUT2D eigenvalue weighted by atomic mass is 16.5. The van der Waals surface area contributed by atoms with Gasteiger partial charge in [-0.25, -0.2) is 0 Å². The van der Waals surface area contributed by atoms with Crippen molar-refractivity contribution in [1.29, 1.82) is 0 Å². The maximum absolute atomic E-state index is 6.07. The Morgan fingerprint density at radius 1 is 1.09 bits per heavy atom. The first kappa shape index (κ1) is 22.9. The van der Waals surface area contributed by atoms with Crippen LogP contribution >= 0.6 is 0 Å². The normalized spacial score (nSPS) is 22.4. The fourth-order valence-corrected chi connectivity index (χ4v) is 6.38. The molecule has 1 saturated carbocycles. The molecular formula is C30H38N2O2. The van der Waals surface area contributed by atoms with Crippen LogP contribution in [-0.4, -0.2) is 30.1 Å². The smallest absolute Gasteiger partial charge is 0.122 e. The first-order valence-corrected chi connectivity index (χ1v) is 13.0. The lowest BCUT2D eigenvalue weighted by Gasteiger charge is -2.44. The van der Waals surface area contributed by atoms with Crippen LogP contribution in [0.25, 0.3) is 10.9 Å². The van der Waals surface area contributed by atoms with Gasteiger partial charge in [-0.1, -0.05) is 19.6 Å². The van der Waals surface area contributed by atoms with Crippen LogP contribution in [0.5, 0.6) is 11.5 Å². The van der Waals surface area contributed by atoms with Gasteiger partial charge in [0.15, 0.2) is 0 Å². The van der Waals surface area contributed by atoms with E-state index < -0.39 is 0 Å². The third-order valence-corrected chi connectivity index (χ3v) is 8.13. The Bertz CT molecular complexity index is 1160. The molecule has 5 rings (SSSR count). The Morgan fingerprint density at radius 3 is 2.62 bits per heavy atom. The summed E-state index contributed by atoms with van der Waals surface area (Å²) in [6, 6.07) is 11.5. The number of aromatic nitrogens is 1. The molecule has 1 aromatic heterocycles. The van der Waals surface area contributed by atoms with Gasteiger partial charge in [-0.05, 0) is 110 Å². The average Bonchev–Trinajstić information content (AvgIpc) is 3.31. The molecule has 3 aromatic rings. The molecule has 4 heteroatoms. The molecular weight excluding hydrogens is 420 g/mol. The number of aromatic amines is 1. The lowest BCUT2D eigenvalue weighted by molar-refractivity contribution is 0.148. The highest BCUT2D eigenvalue weighted by Crippen LogP contribution is 2.47. The molecule has 34 heavy (non-hydrogen) atoms. The molecule has 0 bridgehead atoms. The number of hydrogen-bond donors (Lipinski definition) is 1. The topological polar surface area (TPSA) is 37.5 Å². The van der Waals surface area contributed by atoms with Crippen LogP contribution in [0.15, 0.2) is 49.3 Å². The molecule has 2 aromatic carbocycles. The van der Waals surface area contributed by atoms with E-state index in [0.717, 1.165) is 30.9 Å². The van der Waals surface area contributed by atoms with Crippen LogP contribution in [0.3, 0.4) is 0 Å². The van der Waals surface area contributed by atoms with Crippen LogP contribution in [0.4, 0.5) is 0 Å². The van der Waals surface area contributed by atoms with Crippen molar-refractivity contribution in [2.45, 2.75) is 64.3 Å². The molecule has 0 saturated heterocycles. The molecule has 1 aliphatic heterocycles. The van der Waals surface area contributed by atoms with E-state index in [0.29, 0.717) is 24.5 Å². The molecule has 1 unspecified atom stereocenters. The van der Waals surface area contributed by atoms with Gasteiger partial charge < -0.3 is 19.4 Å². The second-order valence-electron chi connectivity index (χ2n) is 9.83. The molecule has 1 atom stereocenters. The number of methoxy groups -OCH3 is 1. The van der Waals surface area contributed by atoms with Gasteiger partial charge in [0.05, 0.1) is 19.8 Å². The lowest BCUT2D eigenvalue weighted by atomic mass is 9.72. The summed E-state index contributed by atoms with van der Waals surface area (Å²) in [5, 5.41) is 1.31. The van der Waals surface area contributed by atoms with Crippen LogP contribution < -0.4 is 9.47 Å². The van der Waals surface area contributed by atoms with Crippen LogP contribution in [-0.2, 0) is 12.8 Å². The van der Waals surface area contributed by atoms with Crippen molar-refractivity contribution in [2.24, 2.45) is 5.92 Å². The summed E-state index contributed by atoms with van der Waals surface area (Å²) in [6.45, 7) is 10.2. The van der Waals surface area contributed by atoms with E-state index in [2.05, 4.69) is 67.0 Å². The van der Waals surface area contributed by atoms with Gasteiger partial charge in [0.2, 0.25) is 0 Å². The van der Waals surface area contributed by atoms with Gasteiger partial charge in [-0.3, -0.25) is 0 Å². The molecule has 1 N–H and O–H groups in total. The number of benzene rings is 2. The van der Waals surface area contributed by atoms with E-state index in [1.165, 1.54) is 58.8 Å². The van der Waals surface area contributed by atoms with Gasteiger partial charge in [-0.15, -0.1) is 0 Å². The zero-order valence-corrected chi connectivity index (χ0v) is 20.9. The van der Waals surface area contributed by atoms with Gasteiger partial charge in [0, 0.05) is 23.6 Å². The summed E-state index contributed by atoms with van der Waals surface area (Å²) in [7, 11) is 1.74. The molecule has 0 amide bonds. The number of ether oxygens (including phenoxy) is 2. The van der Waals surface area contributed by atoms with E-state index >= 15 is 0 Å². The highest BCUT2D eigenvalue weighted by Gasteiger charge is 2.36. The Balaban J connectivity index is 1.40. The van der Waals surface area contributed by atoms with Crippen LogP contribution in [0.1, 0.15) is 73.7 Å². The van der Waals surface area contributed by atoms with Crippen molar-refractivity contribution < 1.29 is 9.47 Å². The summed E-state index contributed by atoms with van der Waals surface area (Å²) in [5.41, 5.74) is 6.96. The van der Waals surface area contributed by atoms with Crippen molar-refractivity contribution >= 4 is 10.9 Å². The Kier molecular flexibility index (Phi) is 6.58. The summed E-state index contributed by atoms with van der Waals surface area (Å²) in [5.74, 6) is 3.23. The maximum Gasteiger partial charge on any atom is 0.122 e. The summed E-state index contributed by atoms with van der Waals surface area (Å²) >= 11 is 0. The Morgan fingerprint density at radius 2 is 1.91 bits per heavy atom. The Labute approximate surface area is 204 Å². The number of nitrogens with zero attached hydrogens (tertiary/aromatic N) is 1. The SMILES string of the molecule is C=CN1CCc2cc(CC)c(OCC)cc2C1C1CCC(c2c[nH]c3ccc(OC)cc23)CC1. The van der Waals surface area contributed by atoms with E-state index in [9.17, 15) is 0 Å². The van der Waals surface area contributed by atoms with Crippen molar-refractivity contribution in [3.63, 3.8) is 0 Å². The third kappa shape index (κ3) is 4.08. The average molecular weight is 459 g/mol. The molecule has 0 radical (unpaired) electrons. The lowest BCUT2D eigenvalue weighted by Crippen LogP contribution is -2.37. The molecule has 1 aliphatic carbocycles. The minimum atomic E-state index is 0.398. The fourth-order valence-electron chi connectivity index (χ4n) is 6.38. The largest absolute Gasteiger partial charge is 0.497 e. The number of fused-ring (bicyclic) bond motifs is 2. The van der Waals surface area contributed by atoms with Crippen molar-refractivity contribution in [3.05, 3.63) is 71.6 Å². The monoisotopic (exact) mass is 458 g/mol. The molecule has 180 valence electrons. The quantitative estimate of drug-likeness (QED) is 0.408. The first-order chi connectivity index (χ1) is 16.7. The second kappa shape index (κ2) is 9.77. The van der Waals surface area contributed by atoms with Gasteiger partial charge in [0.25, 0.3) is 0 Å². The van der Waals surface area contributed by atoms with E-state index in [-0.39, 0.29) is 0 Å². The maximum atomic E-state index is 6.07. The zero-order valence-electron chi connectivity index (χ0n) is 20.9. The molecule has 0 spiro atoms. The van der Waals surface area contributed by atoms with Crippen LogP contribution in [0, 0.1) is 5.92 Å². The Hall–Kier alpha value is -2.88. The van der Waals surface area contributed by atoms with E-state index in [1.807, 2.05) is 6.07 Å². The number of nitrogens with one attached hydrogen (secondary N) is 1. The minimum Gasteiger partial charge on any atom is -0.497 e. The number of H-pyrrole nitrogens is 1. The van der Waals surface area contributed by atoms with Crippen molar-refractivity contribution in [2.75, 3.05) is 20.3 Å². The second-order valence-corrected chi connectivity index (χ2v) is 9.83. The first-order valence-electron chi connectivity index (χ1n) is 13.0. The fraction of sp³-hybridized carbons (Fsp3) is 0.467. The summed E-state index contributed by atoms with van der Waals surface area (Å²) in [6.07, 6.45) is 11.3. The summed E-state index contributed by atoms with van der Waals surface area (Å²) < 4.78 is 11.6. The molecule has 2 heterocycles. The highest BCUT2D eigenvalue weighted by molar-refractivity contribution is 5.85. The molecule has 1 fully saturated rings. The standard InChI is InChI=1S/C30H38N2O2/c1-5-20-16-23-14-15-32(6-2)30(25(23)18-29(20)34-7-3)22-10-8-21(9-11-22)27-19-31-28-13-12-24(33-4)17-26(27)28/h6,12-13,16-19,21-22,30-31H,2,5,7-11,14-15H2,1,3-4H3. The van der Waals surface area contributed by atoms with Crippen LogP contribution in [0.2, 0.25) is 0 Å². The van der Waals surface area contributed by atoms with Crippen molar-refractivity contribution in [1.82, 2.24) is 9.88 Å². The number of hydrogen-bond acceptors (Lipinski definition) is 3. The van der Waals surface area contributed by atoms with E-state index in [4.69, 9.17) is 9.47 Å². The number of rotatable bonds is 7. The predicted octanol–water partition coefficient (Wildman–Crippen LogP) is 7.15. The molecule has 2 aliphatic rings. The van der Waals surface area contributed by atoms with Gasteiger partial charge in [0.1, 0.15) is 11.5 Å². The minimum absolute atomic E-state index is 0.398. The van der Waals surface area contributed by atoms with Gasteiger partial charge >= 0.3 is 0 Å². The predicted molar refractivity (Wildman–Crippen MR) is 140 cm³/mol. The summed E-state index contributed by atoms with van der Waals surface area (Å²) in [4.78, 5) is 5.97.